The summed E-state index contributed by atoms with van der Waals surface area (Å²) in [5.74, 6) is 0.495. The Hall–Kier alpha value is -3.58. The molecule has 47 heavy (non-hydrogen) atoms. The quantitative estimate of drug-likeness (QED) is 0.0789. The number of aromatic nitrogens is 1. The van der Waals surface area contributed by atoms with Crippen molar-refractivity contribution in [2.45, 2.75) is 117 Å². The molecule has 256 valence electrons. The molecule has 8 heteroatoms. The van der Waals surface area contributed by atoms with Crippen molar-refractivity contribution in [3.63, 3.8) is 0 Å². The van der Waals surface area contributed by atoms with Gasteiger partial charge in [0.15, 0.2) is 12.4 Å². The minimum atomic E-state index is -0.755. The van der Waals surface area contributed by atoms with Gasteiger partial charge in [-0.1, -0.05) is 114 Å². The number of methoxy groups -OCH3 is 1. The standard InChI is InChI=1S/C39H54ClN2O5/c1-4-6-7-8-9-10-11-12-13-14-15-18-28-46-37-22-21-33(29-35(37)40)31-47-39(44)42(30-32-23-26-41(25-5-2)27-24-32)38(43)34-19-16-17-20-36(34)45-3/h16-17,19-24,26-27,29H,4-15,18,25,28,30-31H2,1-3H3/q+1. The fourth-order valence-corrected chi connectivity index (χ4v) is 5.73. The van der Waals surface area contributed by atoms with Gasteiger partial charge in [-0.15, -0.1) is 0 Å². The molecule has 0 fully saturated rings. The van der Waals surface area contributed by atoms with Crippen molar-refractivity contribution in [3.8, 4) is 11.5 Å². The first kappa shape index (κ1) is 37.9. The van der Waals surface area contributed by atoms with Gasteiger partial charge in [0, 0.05) is 18.6 Å². The summed E-state index contributed by atoms with van der Waals surface area (Å²) in [4.78, 5) is 28.1. The molecule has 0 aliphatic rings. The van der Waals surface area contributed by atoms with Crippen LogP contribution in [-0.4, -0.2) is 30.6 Å². The van der Waals surface area contributed by atoms with E-state index >= 15 is 0 Å². The van der Waals surface area contributed by atoms with Gasteiger partial charge in [-0.25, -0.2) is 14.3 Å². The number of carbonyl (C=O) groups excluding carboxylic acids is 2. The number of hydrogen-bond acceptors (Lipinski definition) is 5. The van der Waals surface area contributed by atoms with Crippen LogP contribution in [0.2, 0.25) is 5.02 Å². The number of halogens is 1. The van der Waals surface area contributed by atoms with Crippen LogP contribution >= 0.6 is 11.6 Å². The molecular weight excluding hydrogens is 612 g/mol. The Morgan fingerprint density at radius 3 is 2.00 bits per heavy atom. The van der Waals surface area contributed by atoms with Gasteiger partial charge < -0.3 is 14.2 Å². The molecule has 0 aliphatic heterocycles. The number of hydrogen-bond donors (Lipinski definition) is 0. The fraction of sp³-hybridized carbons (Fsp3) is 0.513. The van der Waals surface area contributed by atoms with E-state index in [2.05, 4.69) is 18.4 Å². The van der Waals surface area contributed by atoms with Gasteiger partial charge >= 0.3 is 6.09 Å². The lowest BCUT2D eigenvalue weighted by Gasteiger charge is -2.21. The van der Waals surface area contributed by atoms with Crippen LogP contribution in [0.4, 0.5) is 4.79 Å². The Bertz CT molecular complexity index is 1350. The maximum absolute atomic E-state index is 13.6. The second-order valence-corrected chi connectivity index (χ2v) is 12.5. The third-order valence-corrected chi connectivity index (χ3v) is 8.50. The second-order valence-electron chi connectivity index (χ2n) is 12.1. The van der Waals surface area contributed by atoms with Gasteiger partial charge in [0.25, 0.3) is 5.91 Å². The lowest BCUT2D eigenvalue weighted by atomic mass is 10.1. The minimum absolute atomic E-state index is 0.0431. The highest BCUT2D eigenvalue weighted by molar-refractivity contribution is 6.32. The monoisotopic (exact) mass is 665 g/mol. The number of ether oxygens (including phenoxy) is 3. The number of benzene rings is 2. The second kappa shape index (κ2) is 22.1. The fourth-order valence-electron chi connectivity index (χ4n) is 5.47. The van der Waals surface area contributed by atoms with Crippen molar-refractivity contribution in [2.24, 2.45) is 0 Å². The van der Waals surface area contributed by atoms with E-state index in [1.165, 1.54) is 71.3 Å². The molecule has 1 heterocycles. The van der Waals surface area contributed by atoms with E-state index in [1.54, 1.807) is 36.4 Å². The third kappa shape index (κ3) is 13.6. The van der Waals surface area contributed by atoms with E-state index in [0.717, 1.165) is 36.3 Å². The van der Waals surface area contributed by atoms with Crippen LogP contribution in [0.3, 0.4) is 0 Å². The van der Waals surface area contributed by atoms with Gasteiger partial charge in [0.2, 0.25) is 0 Å². The van der Waals surface area contributed by atoms with Crippen molar-refractivity contribution in [1.82, 2.24) is 4.90 Å². The number of imide groups is 1. The summed E-state index contributed by atoms with van der Waals surface area (Å²) in [6.45, 7) is 5.88. The topological polar surface area (TPSA) is 69.0 Å². The van der Waals surface area contributed by atoms with E-state index in [0.29, 0.717) is 28.7 Å². The van der Waals surface area contributed by atoms with Crippen LogP contribution in [0.5, 0.6) is 11.5 Å². The Morgan fingerprint density at radius 1 is 0.745 bits per heavy atom. The number of pyridine rings is 1. The van der Waals surface area contributed by atoms with E-state index in [9.17, 15) is 9.59 Å². The first-order valence-corrected chi connectivity index (χ1v) is 17.8. The Morgan fingerprint density at radius 2 is 1.38 bits per heavy atom. The van der Waals surface area contributed by atoms with Gasteiger partial charge in [0.1, 0.15) is 24.7 Å². The van der Waals surface area contributed by atoms with Crippen LogP contribution in [0.1, 0.15) is 119 Å². The highest BCUT2D eigenvalue weighted by atomic mass is 35.5. The summed E-state index contributed by atoms with van der Waals surface area (Å²) >= 11 is 6.52. The molecule has 0 spiro atoms. The number of unbranched alkanes of at least 4 members (excludes halogenated alkanes) is 11. The summed E-state index contributed by atoms with van der Waals surface area (Å²) in [6.07, 6.45) is 19.7. The molecule has 0 aliphatic carbocycles. The zero-order valence-electron chi connectivity index (χ0n) is 28.7. The van der Waals surface area contributed by atoms with E-state index < -0.39 is 12.0 Å². The average Bonchev–Trinajstić information content (AvgIpc) is 3.09. The maximum Gasteiger partial charge on any atom is 0.417 e. The Labute approximate surface area is 287 Å². The highest BCUT2D eigenvalue weighted by Gasteiger charge is 2.27. The summed E-state index contributed by atoms with van der Waals surface area (Å²) in [5.41, 5.74) is 1.78. The van der Waals surface area contributed by atoms with Crippen LogP contribution < -0.4 is 14.0 Å². The van der Waals surface area contributed by atoms with Crippen molar-refractivity contribution >= 4 is 23.6 Å². The van der Waals surface area contributed by atoms with Crippen molar-refractivity contribution in [3.05, 3.63) is 88.7 Å². The van der Waals surface area contributed by atoms with Gasteiger partial charge in [-0.05, 0) is 41.8 Å². The zero-order chi connectivity index (χ0) is 33.7. The van der Waals surface area contributed by atoms with Crippen molar-refractivity contribution in [2.75, 3.05) is 13.7 Å². The normalized spacial score (nSPS) is 10.9. The molecule has 2 aromatic carbocycles. The molecule has 0 bridgehead atoms. The summed E-state index contributed by atoms with van der Waals surface area (Å²) in [6, 6.07) is 16.0. The molecule has 2 amide bonds. The number of nitrogens with zero attached hydrogens (tertiary/aromatic N) is 2. The molecule has 1 aromatic heterocycles. The molecule has 3 aromatic rings. The van der Waals surface area contributed by atoms with Crippen LogP contribution in [-0.2, 0) is 24.4 Å². The molecule has 0 unspecified atom stereocenters. The molecule has 7 nitrogen and oxygen atoms in total. The maximum atomic E-state index is 13.6. The summed E-state index contributed by atoms with van der Waals surface area (Å²) < 4.78 is 19.0. The Balaban J connectivity index is 1.48. The molecule has 0 radical (unpaired) electrons. The highest BCUT2D eigenvalue weighted by Crippen LogP contribution is 2.27. The van der Waals surface area contributed by atoms with E-state index in [4.69, 9.17) is 25.8 Å². The van der Waals surface area contributed by atoms with Crippen LogP contribution in [0.15, 0.2) is 67.0 Å². The molecule has 0 saturated heterocycles. The van der Waals surface area contributed by atoms with Crippen molar-refractivity contribution < 1.29 is 28.4 Å². The van der Waals surface area contributed by atoms with Crippen LogP contribution in [0, 0.1) is 0 Å². The predicted octanol–water partition coefficient (Wildman–Crippen LogP) is 10.1. The minimum Gasteiger partial charge on any atom is -0.496 e. The average molecular weight is 666 g/mol. The van der Waals surface area contributed by atoms with Gasteiger partial charge in [0.05, 0.1) is 30.8 Å². The van der Waals surface area contributed by atoms with Crippen molar-refractivity contribution in [1.29, 1.82) is 0 Å². The van der Waals surface area contributed by atoms with Gasteiger partial charge in [-0.2, -0.15) is 0 Å². The number of amides is 2. The third-order valence-electron chi connectivity index (χ3n) is 8.20. The molecule has 0 saturated carbocycles. The van der Waals surface area contributed by atoms with Gasteiger partial charge in [-0.3, -0.25) is 4.79 Å². The summed E-state index contributed by atoms with van der Waals surface area (Å²) in [5, 5.41) is 0.462. The lowest BCUT2D eigenvalue weighted by Crippen LogP contribution is -2.37. The van der Waals surface area contributed by atoms with Crippen LogP contribution in [0.25, 0.3) is 0 Å². The number of rotatable bonds is 22. The smallest absolute Gasteiger partial charge is 0.417 e. The predicted molar refractivity (Wildman–Crippen MR) is 188 cm³/mol. The Kier molecular flexibility index (Phi) is 17.8. The molecule has 3 rings (SSSR count). The summed E-state index contributed by atoms with van der Waals surface area (Å²) in [7, 11) is 1.49. The number of para-hydroxylation sites is 1. The first-order valence-electron chi connectivity index (χ1n) is 17.5. The lowest BCUT2D eigenvalue weighted by molar-refractivity contribution is -0.697. The zero-order valence-corrected chi connectivity index (χ0v) is 29.4. The molecule has 0 atom stereocenters. The SMILES string of the molecule is CCCCCCCCCCCCCCOc1ccc(COC(=O)N(Cc2cc[n+](CCC)cc2)C(=O)c2ccccc2OC)cc1Cl. The largest absolute Gasteiger partial charge is 0.496 e. The van der Waals surface area contributed by atoms with E-state index in [-0.39, 0.29) is 18.7 Å². The molecule has 0 N–H and O–H groups in total. The number of carbonyl (C=O) groups is 2. The number of aryl methyl sites for hydroxylation is 1. The molecular formula is C39H54ClN2O5+. The first-order chi connectivity index (χ1) is 23.0. The van der Waals surface area contributed by atoms with E-state index in [1.807, 2.05) is 30.6 Å².